The molecule has 2 rings (SSSR count). The Morgan fingerprint density at radius 1 is 1.35 bits per heavy atom. The van der Waals surface area contributed by atoms with E-state index in [1.54, 1.807) is 0 Å². The van der Waals surface area contributed by atoms with E-state index in [4.69, 9.17) is 0 Å². The van der Waals surface area contributed by atoms with E-state index >= 15 is 0 Å². The van der Waals surface area contributed by atoms with E-state index in [1.807, 2.05) is 13.0 Å². The Morgan fingerprint density at radius 3 is 2.94 bits per heavy atom. The second-order valence-corrected chi connectivity index (χ2v) is 3.67. The minimum atomic E-state index is 0.694. The maximum Gasteiger partial charge on any atom is 0.213 e. The van der Waals surface area contributed by atoms with Gasteiger partial charge in [-0.15, -0.1) is 0 Å². The molecule has 2 aromatic heterocycles. The Morgan fingerprint density at radius 2 is 2.24 bits per heavy atom. The summed E-state index contributed by atoms with van der Waals surface area (Å²) in [5.41, 5.74) is 1.04. The van der Waals surface area contributed by atoms with Gasteiger partial charge in [-0.05, 0) is 13.3 Å². The molecule has 0 spiro atoms. The van der Waals surface area contributed by atoms with Crippen LogP contribution in [0.2, 0.25) is 0 Å². The fourth-order valence-electron chi connectivity index (χ4n) is 1.51. The molecule has 0 saturated carbocycles. The molecule has 6 nitrogen and oxygen atoms in total. The lowest BCUT2D eigenvalue weighted by Gasteiger charge is -2.06. The van der Waals surface area contributed by atoms with Crippen LogP contribution in [0.5, 0.6) is 0 Å². The fourth-order valence-corrected chi connectivity index (χ4v) is 1.51. The molecule has 0 aliphatic carbocycles. The van der Waals surface area contributed by atoms with Crippen LogP contribution in [-0.2, 0) is 12.8 Å². The average molecular weight is 233 g/mol. The summed E-state index contributed by atoms with van der Waals surface area (Å²) >= 11 is 0. The van der Waals surface area contributed by atoms with E-state index in [0.29, 0.717) is 12.2 Å². The number of nitrogens with one attached hydrogen (secondary N) is 1. The van der Waals surface area contributed by atoms with Crippen LogP contribution < -0.4 is 5.32 Å². The predicted molar refractivity (Wildman–Crippen MR) is 62.6 cm³/mol. The highest BCUT2D eigenvalue weighted by molar-refractivity contribution is 5.36. The lowest BCUT2D eigenvalue weighted by molar-refractivity contribution is 0.410. The molecule has 0 saturated heterocycles. The van der Waals surface area contributed by atoms with Crippen molar-refractivity contribution >= 4 is 5.82 Å². The molecule has 17 heavy (non-hydrogen) atoms. The van der Waals surface area contributed by atoms with Crippen molar-refractivity contribution in [3.63, 3.8) is 0 Å². The Balaban J connectivity index is 1.92. The van der Waals surface area contributed by atoms with Crippen molar-refractivity contribution in [3.8, 4) is 0 Å². The van der Waals surface area contributed by atoms with Crippen LogP contribution in [0.1, 0.15) is 24.3 Å². The smallest absolute Gasteiger partial charge is 0.213 e. The van der Waals surface area contributed by atoms with Crippen molar-refractivity contribution in [1.82, 2.24) is 20.1 Å². The maximum absolute atomic E-state index is 4.66. The van der Waals surface area contributed by atoms with Gasteiger partial charge in [-0.3, -0.25) is 0 Å². The second kappa shape index (κ2) is 5.38. The quantitative estimate of drug-likeness (QED) is 0.840. The van der Waals surface area contributed by atoms with Crippen molar-refractivity contribution in [2.75, 3.05) is 11.9 Å². The standard InChI is InChI=1S/C11H15N5O/c1-3-9-6-11(15-8(2)14-9)12-5-4-10-13-7-17-16-10/h6-7H,3-5H2,1-2H3,(H,12,14,15). The third-order valence-corrected chi connectivity index (χ3v) is 2.31. The van der Waals surface area contributed by atoms with Crippen molar-refractivity contribution in [1.29, 1.82) is 0 Å². The van der Waals surface area contributed by atoms with Crippen LogP contribution in [0.4, 0.5) is 5.82 Å². The van der Waals surface area contributed by atoms with Crippen molar-refractivity contribution in [2.45, 2.75) is 26.7 Å². The van der Waals surface area contributed by atoms with Crippen LogP contribution >= 0.6 is 0 Å². The monoisotopic (exact) mass is 233 g/mol. The molecular weight excluding hydrogens is 218 g/mol. The number of nitrogens with zero attached hydrogens (tertiary/aromatic N) is 4. The first-order valence-corrected chi connectivity index (χ1v) is 5.61. The van der Waals surface area contributed by atoms with Crippen LogP contribution in [-0.4, -0.2) is 26.7 Å². The molecule has 2 aromatic rings. The topological polar surface area (TPSA) is 76.7 Å². The highest BCUT2D eigenvalue weighted by Gasteiger charge is 2.01. The Hall–Kier alpha value is -1.98. The lowest BCUT2D eigenvalue weighted by atomic mass is 10.3. The molecule has 6 heteroatoms. The van der Waals surface area contributed by atoms with Gasteiger partial charge in [0, 0.05) is 24.7 Å². The van der Waals surface area contributed by atoms with Crippen LogP contribution in [0, 0.1) is 6.92 Å². The molecule has 0 atom stereocenters. The van der Waals surface area contributed by atoms with Gasteiger partial charge in [0.05, 0.1) is 0 Å². The van der Waals surface area contributed by atoms with E-state index in [1.165, 1.54) is 6.39 Å². The summed E-state index contributed by atoms with van der Waals surface area (Å²) < 4.78 is 4.66. The molecule has 0 radical (unpaired) electrons. The molecule has 0 fully saturated rings. The number of hydrogen-bond donors (Lipinski definition) is 1. The molecule has 1 N–H and O–H groups in total. The van der Waals surface area contributed by atoms with Crippen LogP contribution in [0.3, 0.4) is 0 Å². The summed E-state index contributed by atoms with van der Waals surface area (Å²) in [6.07, 6.45) is 2.95. The van der Waals surface area contributed by atoms with Gasteiger partial charge >= 0.3 is 0 Å². The second-order valence-electron chi connectivity index (χ2n) is 3.67. The Kier molecular flexibility index (Phi) is 3.64. The molecule has 2 heterocycles. The van der Waals surface area contributed by atoms with Gasteiger partial charge in [-0.2, -0.15) is 4.98 Å². The molecular formula is C11H15N5O. The number of anilines is 1. The zero-order valence-electron chi connectivity index (χ0n) is 9.97. The van der Waals surface area contributed by atoms with Gasteiger partial charge in [0.1, 0.15) is 11.6 Å². The third-order valence-electron chi connectivity index (χ3n) is 2.31. The zero-order valence-corrected chi connectivity index (χ0v) is 9.97. The van der Waals surface area contributed by atoms with Crippen LogP contribution in [0.15, 0.2) is 17.0 Å². The number of aromatic nitrogens is 4. The first-order chi connectivity index (χ1) is 8.28. The van der Waals surface area contributed by atoms with Crippen molar-refractivity contribution < 1.29 is 4.52 Å². The molecule has 0 aromatic carbocycles. The number of aryl methyl sites for hydroxylation is 2. The fraction of sp³-hybridized carbons (Fsp3) is 0.455. The summed E-state index contributed by atoms with van der Waals surface area (Å²) in [6, 6.07) is 1.96. The largest absolute Gasteiger partial charge is 0.370 e. The highest BCUT2D eigenvalue weighted by Crippen LogP contribution is 2.07. The van der Waals surface area contributed by atoms with E-state index in [2.05, 4.69) is 36.9 Å². The number of rotatable bonds is 5. The summed E-state index contributed by atoms with van der Waals surface area (Å²) in [6.45, 7) is 4.69. The summed E-state index contributed by atoms with van der Waals surface area (Å²) in [5, 5.41) is 6.97. The molecule has 90 valence electrons. The normalized spacial score (nSPS) is 10.5. The van der Waals surface area contributed by atoms with E-state index < -0.39 is 0 Å². The first-order valence-electron chi connectivity index (χ1n) is 5.61. The van der Waals surface area contributed by atoms with E-state index in [-0.39, 0.29) is 0 Å². The van der Waals surface area contributed by atoms with Gasteiger partial charge in [0.15, 0.2) is 5.82 Å². The van der Waals surface area contributed by atoms with Crippen molar-refractivity contribution in [3.05, 3.63) is 29.8 Å². The Bertz CT molecular complexity index is 469. The minimum absolute atomic E-state index is 0.694. The predicted octanol–water partition coefficient (Wildman–Crippen LogP) is 1.39. The molecule has 0 unspecified atom stereocenters. The highest BCUT2D eigenvalue weighted by atomic mass is 16.5. The summed E-state index contributed by atoms with van der Waals surface area (Å²) in [5.74, 6) is 2.32. The number of hydrogen-bond acceptors (Lipinski definition) is 6. The average Bonchev–Trinajstić information content (AvgIpc) is 2.81. The van der Waals surface area contributed by atoms with Gasteiger partial charge in [0.25, 0.3) is 0 Å². The van der Waals surface area contributed by atoms with Gasteiger partial charge in [-0.25, -0.2) is 9.97 Å². The third kappa shape index (κ3) is 3.24. The molecule has 0 amide bonds. The van der Waals surface area contributed by atoms with Crippen LogP contribution in [0.25, 0.3) is 0 Å². The van der Waals surface area contributed by atoms with E-state index in [0.717, 1.165) is 30.3 Å². The summed E-state index contributed by atoms with van der Waals surface area (Å²) in [4.78, 5) is 12.6. The SMILES string of the molecule is CCc1cc(NCCc2ncon2)nc(C)n1. The summed E-state index contributed by atoms with van der Waals surface area (Å²) in [7, 11) is 0. The van der Waals surface area contributed by atoms with E-state index in [9.17, 15) is 0 Å². The van der Waals surface area contributed by atoms with Gasteiger partial charge in [-0.1, -0.05) is 12.1 Å². The van der Waals surface area contributed by atoms with Gasteiger partial charge in [0.2, 0.25) is 6.39 Å². The Labute approximate surface area is 99.5 Å². The molecule has 0 bridgehead atoms. The molecule has 0 aliphatic rings. The maximum atomic E-state index is 4.66. The first kappa shape index (κ1) is 11.5. The zero-order chi connectivity index (χ0) is 12.1. The lowest BCUT2D eigenvalue weighted by Crippen LogP contribution is -2.09. The minimum Gasteiger partial charge on any atom is -0.370 e. The van der Waals surface area contributed by atoms with Gasteiger partial charge < -0.3 is 9.84 Å². The molecule has 0 aliphatic heterocycles. The van der Waals surface area contributed by atoms with Crippen molar-refractivity contribution in [2.24, 2.45) is 0 Å².